The van der Waals surface area contributed by atoms with Crippen LogP contribution in [0, 0.1) is 13.8 Å². The van der Waals surface area contributed by atoms with E-state index in [4.69, 9.17) is 0 Å². The zero-order valence-corrected chi connectivity index (χ0v) is 16.2. The second-order valence-corrected chi connectivity index (χ2v) is 7.17. The van der Waals surface area contributed by atoms with E-state index in [1.54, 1.807) is 0 Å². The Bertz CT molecular complexity index is 781. The molecule has 2 N–H and O–H groups in total. The highest BCUT2D eigenvalue weighted by Gasteiger charge is 2.12. The van der Waals surface area contributed by atoms with E-state index in [1.807, 2.05) is 50.2 Å². The van der Waals surface area contributed by atoms with Gasteiger partial charge >= 0.3 is 0 Å². The Morgan fingerprint density at radius 3 is 2.35 bits per heavy atom. The van der Waals surface area contributed by atoms with Gasteiger partial charge in [-0.25, -0.2) is 0 Å². The van der Waals surface area contributed by atoms with E-state index < -0.39 is 0 Å². The minimum absolute atomic E-state index is 0.0259. The zero-order valence-electron chi connectivity index (χ0n) is 16.2. The largest absolute Gasteiger partial charge is 0.352 e. The summed E-state index contributed by atoms with van der Waals surface area (Å²) in [7, 11) is 4.21. The average Bonchev–Trinajstić information content (AvgIpc) is 2.60. The minimum atomic E-state index is -0.0874. The molecule has 26 heavy (non-hydrogen) atoms. The molecule has 0 heterocycles. The molecular weight excluding hydrogens is 324 g/mol. The van der Waals surface area contributed by atoms with Crippen molar-refractivity contribution in [2.75, 3.05) is 14.1 Å². The predicted octanol–water partition coefficient (Wildman–Crippen LogP) is 2.23. The maximum Gasteiger partial charge on any atom is 0.220 e. The second kappa shape index (κ2) is 9.30. The Balaban J connectivity index is 1.88. The lowest BCUT2D eigenvalue weighted by molar-refractivity contribution is -0.872. The fourth-order valence-electron chi connectivity index (χ4n) is 2.96. The van der Waals surface area contributed by atoms with Gasteiger partial charge in [-0.1, -0.05) is 42.0 Å². The number of amides is 1. The highest BCUT2D eigenvalue weighted by atomic mass is 16.2. The van der Waals surface area contributed by atoms with Crippen molar-refractivity contribution in [1.82, 2.24) is 5.32 Å². The SMILES string of the molecule is Cc1ccc(C)c(C(=O)CCC(=O)NCc2ccccc2C[NH+](C)C)c1. The fourth-order valence-corrected chi connectivity index (χ4v) is 2.96. The quantitative estimate of drug-likeness (QED) is 0.715. The molecule has 138 valence electrons. The van der Waals surface area contributed by atoms with E-state index in [0.29, 0.717) is 6.54 Å². The van der Waals surface area contributed by atoms with Crippen LogP contribution in [0.25, 0.3) is 0 Å². The molecule has 1 amide bonds. The first-order valence-electron chi connectivity index (χ1n) is 9.09. The molecule has 0 aliphatic carbocycles. The third-order valence-electron chi connectivity index (χ3n) is 4.41. The number of nitrogens with one attached hydrogen (secondary N) is 2. The van der Waals surface area contributed by atoms with Gasteiger partial charge in [0, 0.05) is 30.5 Å². The van der Waals surface area contributed by atoms with Crippen LogP contribution in [0.3, 0.4) is 0 Å². The number of hydrogen-bond donors (Lipinski definition) is 2. The molecule has 0 aliphatic heterocycles. The monoisotopic (exact) mass is 353 g/mol. The molecule has 0 aromatic heterocycles. The summed E-state index contributed by atoms with van der Waals surface area (Å²) in [5.74, 6) is -0.0615. The van der Waals surface area contributed by atoms with Gasteiger partial charge in [-0.05, 0) is 31.0 Å². The molecule has 2 aromatic rings. The Hall–Kier alpha value is -2.46. The number of ketones is 1. The maximum absolute atomic E-state index is 12.4. The molecule has 0 radical (unpaired) electrons. The molecule has 2 aromatic carbocycles. The first-order valence-corrected chi connectivity index (χ1v) is 9.09. The average molecular weight is 353 g/mol. The highest BCUT2D eigenvalue weighted by molar-refractivity contribution is 5.99. The number of rotatable bonds is 8. The molecule has 4 nitrogen and oxygen atoms in total. The number of hydrogen-bond acceptors (Lipinski definition) is 2. The number of carbonyl (C=O) groups excluding carboxylic acids is 2. The van der Waals surface area contributed by atoms with Crippen LogP contribution in [0.15, 0.2) is 42.5 Å². The van der Waals surface area contributed by atoms with Crippen molar-refractivity contribution in [3.8, 4) is 0 Å². The Morgan fingerprint density at radius 2 is 1.65 bits per heavy atom. The molecule has 0 fully saturated rings. The number of Topliss-reactive ketones (excluding diaryl/α,β-unsaturated/α-hetero) is 1. The van der Waals surface area contributed by atoms with E-state index in [2.05, 4.69) is 25.5 Å². The van der Waals surface area contributed by atoms with Crippen LogP contribution in [0.2, 0.25) is 0 Å². The van der Waals surface area contributed by atoms with Gasteiger partial charge in [0.15, 0.2) is 5.78 Å². The first-order chi connectivity index (χ1) is 12.4. The summed E-state index contributed by atoms with van der Waals surface area (Å²) >= 11 is 0. The van der Waals surface area contributed by atoms with Crippen LogP contribution in [0.5, 0.6) is 0 Å². The fraction of sp³-hybridized carbons (Fsp3) is 0.364. The van der Waals surface area contributed by atoms with Gasteiger partial charge in [-0.2, -0.15) is 0 Å². The number of carbonyl (C=O) groups is 2. The molecule has 2 rings (SSSR count). The molecule has 0 bridgehead atoms. The molecular formula is C22H29N2O2+. The van der Waals surface area contributed by atoms with Crippen LogP contribution in [0.1, 0.15) is 45.5 Å². The Kier molecular flexibility index (Phi) is 7.10. The maximum atomic E-state index is 12.4. The van der Waals surface area contributed by atoms with Gasteiger partial charge < -0.3 is 10.2 Å². The summed E-state index contributed by atoms with van der Waals surface area (Å²) in [5.41, 5.74) is 5.10. The third-order valence-corrected chi connectivity index (χ3v) is 4.41. The van der Waals surface area contributed by atoms with Gasteiger partial charge in [-0.15, -0.1) is 0 Å². The molecule has 0 saturated carbocycles. The number of aryl methyl sites for hydroxylation is 2. The summed E-state index contributed by atoms with van der Waals surface area (Å²) in [6, 6.07) is 14.0. The van der Waals surface area contributed by atoms with Crippen molar-refractivity contribution >= 4 is 11.7 Å². The van der Waals surface area contributed by atoms with Crippen LogP contribution in [-0.2, 0) is 17.9 Å². The van der Waals surface area contributed by atoms with Crippen molar-refractivity contribution in [3.63, 3.8) is 0 Å². The van der Waals surface area contributed by atoms with Gasteiger partial charge in [-0.3, -0.25) is 9.59 Å². The molecule has 0 unspecified atom stereocenters. The molecule has 0 atom stereocenters. The lowest BCUT2D eigenvalue weighted by Gasteiger charge is -2.13. The van der Waals surface area contributed by atoms with Crippen LogP contribution >= 0.6 is 0 Å². The summed E-state index contributed by atoms with van der Waals surface area (Å²) < 4.78 is 0. The third kappa shape index (κ3) is 5.81. The lowest BCUT2D eigenvalue weighted by atomic mass is 9.99. The molecule has 4 heteroatoms. The topological polar surface area (TPSA) is 50.6 Å². The Morgan fingerprint density at radius 1 is 0.962 bits per heavy atom. The van der Waals surface area contributed by atoms with E-state index in [1.165, 1.54) is 10.5 Å². The predicted molar refractivity (Wildman–Crippen MR) is 104 cm³/mol. The second-order valence-electron chi connectivity index (χ2n) is 7.17. The number of quaternary nitrogens is 1. The van der Waals surface area contributed by atoms with Gasteiger partial charge in [0.25, 0.3) is 0 Å². The van der Waals surface area contributed by atoms with Crippen LogP contribution in [0.4, 0.5) is 0 Å². The molecule has 0 aliphatic rings. The van der Waals surface area contributed by atoms with Crippen molar-refractivity contribution in [1.29, 1.82) is 0 Å². The van der Waals surface area contributed by atoms with Crippen LogP contribution < -0.4 is 10.2 Å². The van der Waals surface area contributed by atoms with E-state index in [0.717, 1.165) is 28.8 Å². The summed E-state index contributed by atoms with van der Waals surface area (Å²) in [6.07, 6.45) is 0.451. The summed E-state index contributed by atoms with van der Waals surface area (Å²) in [6.45, 7) is 5.31. The first kappa shape index (κ1) is 19.9. The van der Waals surface area contributed by atoms with Crippen molar-refractivity contribution in [2.45, 2.75) is 39.8 Å². The van der Waals surface area contributed by atoms with E-state index >= 15 is 0 Å². The van der Waals surface area contributed by atoms with Gasteiger partial charge in [0.2, 0.25) is 5.91 Å². The van der Waals surface area contributed by atoms with Gasteiger partial charge in [0.05, 0.1) is 14.1 Å². The van der Waals surface area contributed by atoms with Crippen molar-refractivity contribution < 1.29 is 14.5 Å². The molecule has 0 saturated heterocycles. The van der Waals surface area contributed by atoms with E-state index in [-0.39, 0.29) is 24.5 Å². The zero-order chi connectivity index (χ0) is 19.1. The standard InChI is InChI=1S/C22H28N2O2/c1-16-9-10-17(2)20(13-16)21(25)11-12-22(26)23-14-18-7-5-6-8-19(18)15-24(3)4/h5-10,13H,11-12,14-15H2,1-4H3,(H,23,26)/p+1. The normalized spacial score (nSPS) is 10.8. The minimum Gasteiger partial charge on any atom is -0.352 e. The van der Waals surface area contributed by atoms with Gasteiger partial charge in [0.1, 0.15) is 6.54 Å². The summed E-state index contributed by atoms with van der Waals surface area (Å²) in [5, 5.41) is 2.94. The summed E-state index contributed by atoms with van der Waals surface area (Å²) in [4.78, 5) is 25.9. The highest BCUT2D eigenvalue weighted by Crippen LogP contribution is 2.14. The van der Waals surface area contributed by atoms with Crippen LogP contribution in [-0.4, -0.2) is 25.8 Å². The molecule has 0 spiro atoms. The number of benzene rings is 2. The van der Waals surface area contributed by atoms with Crippen molar-refractivity contribution in [3.05, 3.63) is 70.3 Å². The lowest BCUT2D eigenvalue weighted by Crippen LogP contribution is -3.04. The van der Waals surface area contributed by atoms with Crippen molar-refractivity contribution in [2.24, 2.45) is 0 Å². The smallest absolute Gasteiger partial charge is 0.220 e. The van der Waals surface area contributed by atoms with E-state index in [9.17, 15) is 9.59 Å². The Labute approximate surface area is 156 Å².